The lowest BCUT2D eigenvalue weighted by atomic mass is 10.2. The molecule has 1 fully saturated rings. The molecule has 146 valence electrons. The monoisotopic (exact) mass is 517 g/mol. The normalized spacial score (nSPS) is 16.9. The van der Waals surface area contributed by atoms with Crippen LogP contribution in [0.25, 0.3) is 0 Å². The molecule has 9 heteroatoms. The van der Waals surface area contributed by atoms with Crippen molar-refractivity contribution in [3.63, 3.8) is 0 Å². The van der Waals surface area contributed by atoms with Crippen LogP contribution in [0.2, 0.25) is 0 Å². The van der Waals surface area contributed by atoms with Gasteiger partial charge in [-0.3, -0.25) is 9.79 Å². The number of rotatable bonds is 7. The van der Waals surface area contributed by atoms with Crippen molar-refractivity contribution in [3.05, 3.63) is 41.9 Å². The number of anilines is 1. The summed E-state index contributed by atoms with van der Waals surface area (Å²) in [6.45, 7) is 1.49. The van der Waals surface area contributed by atoms with Gasteiger partial charge in [-0.25, -0.2) is 4.98 Å². The Balaban J connectivity index is 0.00000261. The summed E-state index contributed by atoms with van der Waals surface area (Å²) < 4.78 is 1.11. The smallest absolute Gasteiger partial charge is 0.229 e. The van der Waals surface area contributed by atoms with Gasteiger partial charge in [0.05, 0.1) is 6.04 Å². The highest BCUT2D eigenvalue weighted by molar-refractivity contribution is 14.0. The van der Waals surface area contributed by atoms with Crippen molar-refractivity contribution in [3.8, 4) is 0 Å². The number of thiazole rings is 1. The largest absolute Gasteiger partial charge is 0.356 e. The summed E-state index contributed by atoms with van der Waals surface area (Å²) in [4.78, 5) is 22.6. The van der Waals surface area contributed by atoms with Gasteiger partial charge in [0.2, 0.25) is 5.91 Å². The number of amides is 1. The zero-order chi connectivity index (χ0) is 18.2. The average molecular weight is 517 g/mol. The number of benzene rings is 1. The van der Waals surface area contributed by atoms with Gasteiger partial charge in [-0.2, -0.15) is 0 Å². The van der Waals surface area contributed by atoms with E-state index in [9.17, 15) is 4.79 Å². The molecule has 1 atom stereocenters. The molecule has 3 rings (SSSR count). The van der Waals surface area contributed by atoms with Crippen LogP contribution in [-0.4, -0.2) is 48.8 Å². The lowest BCUT2D eigenvalue weighted by Crippen LogP contribution is -2.44. The van der Waals surface area contributed by atoms with Crippen LogP contribution < -0.4 is 15.5 Å². The average Bonchev–Trinajstić information content (AvgIpc) is 3.30. The standard InChI is InChI=1S/C18H23N5OS2.HI/c1-19-17(20-8-5-10-25-18-21-9-11-26-18)22-14-12-16(24)23(13-14)15-6-3-2-4-7-15;/h2-4,6-7,9,11,14H,5,8,10,12-13H2,1H3,(H2,19,20,22);1H. The van der Waals surface area contributed by atoms with Crippen molar-refractivity contribution in [1.82, 2.24) is 15.6 Å². The molecule has 6 nitrogen and oxygen atoms in total. The number of thioether (sulfide) groups is 1. The third kappa shape index (κ3) is 6.65. The Morgan fingerprint density at radius 1 is 1.41 bits per heavy atom. The number of guanidine groups is 1. The van der Waals surface area contributed by atoms with Crippen molar-refractivity contribution in [1.29, 1.82) is 0 Å². The fourth-order valence-electron chi connectivity index (χ4n) is 2.77. The predicted octanol–water partition coefficient (Wildman–Crippen LogP) is 3.21. The first-order chi connectivity index (χ1) is 12.8. The molecular weight excluding hydrogens is 493 g/mol. The molecule has 1 unspecified atom stereocenters. The Morgan fingerprint density at radius 3 is 2.93 bits per heavy atom. The Kier molecular flexibility index (Phi) is 9.35. The van der Waals surface area contributed by atoms with Crippen molar-refractivity contribution in [2.75, 3.05) is 30.8 Å². The second-order valence-corrected chi connectivity index (χ2v) is 8.12. The molecule has 1 aliphatic heterocycles. The van der Waals surface area contributed by atoms with E-state index in [0.29, 0.717) is 13.0 Å². The summed E-state index contributed by atoms with van der Waals surface area (Å²) in [7, 11) is 1.76. The quantitative estimate of drug-likeness (QED) is 0.194. The van der Waals surface area contributed by atoms with Gasteiger partial charge in [0, 0.05) is 49.6 Å². The Bertz CT molecular complexity index is 727. The van der Waals surface area contributed by atoms with Gasteiger partial charge in [0.1, 0.15) is 4.34 Å². The van der Waals surface area contributed by atoms with Gasteiger partial charge in [0.25, 0.3) is 0 Å². The van der Waals surface area contributed by atoms with Gasteiger partial charge >= 0.3 is 0 Å². The lowest BCUT2D eigenvalue weighted by molar-refractivity contribution is -0.117. The van der Waals surface area contributed by atoms with E-state index < -0.39 is 0 Å². The van der Waals surface area contributed by atoms with Crippen molar-refractivity contribution < 1.29 is 4.79 Å². The van der Waals surface area contributed by atoms with Crippen LogP contribution in [0.1, 0.15) is 12.8 Å². The number of nitrogens with one attached hydrogen (secondary N) is 2. The van der Waals surface area contributed by atoms with Crippen molar-refractivity contribution in [2.24, 2.45) is 4.99 Å². The molecule has 0 bridgehead atoms. The number of para-hydroxylation sites is 1. The van der Waals surface area contributed by atoms with E-state index in [-0.39, 0.29) is 35.9 Å². The molecule has 0 aliphatic carbocycles. The third-order valence-corrected chi connectivity index (χ3v) is 6.06. The predicted molar refractivity (Wildman–Crippen MR) is 125 cm³/mol. The Morgan fingerprint density at radius 2 is 2.22 bits per heavy atom. The minimum Gasteiger partial charge on any atom is -0.356 e. The first kappa shape index (κ1) is 22.0. The third-order valence-electron chi connectivity index (χ3n) is 4.01. The van der Waals surface area contributed by atoms with Crippen molar-refractivity contribution >= 4 is 64.6 Å². The fraction of sp³-hybridized carbons (Fsp3) is 0.389. The number of hydrogen-bond acceptors (Lipinski definition) is 5. The van der Waals surface area contributed by atoms with E-state index in [1.165, 1.54) is 0 Å². The number of aromatic nitrogens is 1. The zero-order valence-electron chi connectivity index (χ0n) is 15.1. The second-order valence-electron chi connectivity index (χ2n) is 5.88. The van der Waals surface area contributed by atoms with E-state index in [4.69, 9.17) is 0 Å². The van der Waals surface area contributed by atoms with E-state index >= 15 is 0 Å². The van der Waals surface area contributed by atoms with Gasteiger partial charge in [-0.05, 0) is 18.6 Å². The van der Waals surface area contributed by atoms with Crippen LogP contribution in [0.4, 0.5) is 5.69 Å². The number of aliphatic imine (C=N–C) groups is 1. The van der Waals surface area contributed by atoms with Gasteiger partial charge in [-0.15, -0.1) is 35.3 Å². The number of nitrogens with zero attached hydrogens (tertiary/aromatic N) is 3. The first-order valence-corrected chi connectivity index (χ1v) is 10.5. The second kappa shape index (κ2) is 11.5. The van der Waals surface area contributed by atoms with Crippen LogP contribution in [0.15, 0.2) is 51.2 Å². The fourth-order valence-corrected chi connectivity index (χ4v) is 4.42. The summed E-state index contributed by atoms with van der Waals surface area (Å²) >= 11 is 3.44. The summed E-state index contributed by atoms with van der Waals surface area (Å²) in [5.74, 6) is 1.90. The molecule has 1 aromatic heterocycles. The SMILES string of the molecule is CN=C(NCCCSc1nccs1)NC1CC(=O)N(c2ccccc2)C1.I. The maximum Gasteiger partial charge on any atom is 0.229 e. The number of hydrogen-bond donors (Lipinski definition) is 2. The lowest BCUT2D eigenvalue weighted by Gasteiger charge is -2.19. The van der Waals surface area contributed by atoms with Gasteiger partial charge < -0.3 is 15.5 Å². The molecule has 1 amide bonds. The molecule has 0 spiro atoms. The van der Waals surface area contributed by atoms with Crippen LogP contribution in [0, 0.1) is 0 Å². The topological polar surface area (TPSA) is 69.6 Å². The molecule has 0 saturated carbocycles. The summed E-state index contributed by atoms with van der Waals surface area (Å²) in [6.07, 6.45) is 3.33. The summed E-state index contributed by atoms with van der Waals surface area (Å²) in [6, 6.07) is 9.86. The zero-order valence-corrected chi connectivity index (χ0v) is 19.1. The molecule has 2 aromatic rings. The van der Waals surface area contributed by atoms with Crippen LogP contribution >= 0.6 is 47.1 Å². The molecule has 1 saturated heterocycles. The minimum atomic E-state index is 0. The highest BCUT2D eigenvalue weighted by atomic mass is 127. The van der Waals surface area contributed by atoms with Crippen LogP contribution in [-0.2, 0) is 4.79 Å². The number of halogens is 1. The number of carbonyl (C=O) groups is 1. The molecule has 2 N–H and O–H groups in total. The van der Waals surface area contributed by atoms with Crippen LogP contribution in [0.5, 0.6) is 0 Å². The maximum absolute atomic E-state index is 12.3. The highest BCUT2D eigenvalue weighted by Gasteiger charge is 2.30. The summed E-state index contributed by atoms with van der Waals surface area (Å²) in [5.41, 5.74) is 0.948. The van der Waals surface area contributed by atoms with E-state index in [2.05, 4.69) is 20.6 Å². The highest BCUT2D eigenvalue weighted by Crippen LogP contribution is 2.21. The molecule has 1 aromatic carbocycles. The molecule has 27 heavy (non-hydrogen) atoms. The van der Waals surface area contributed by atoms with Gasteiger partial charge in [0.15, 0.2) is 5.96 Å². The van der Waals surface area contributed by atoms with Crippen LogP contribution in [0.3, 0.4) is 0 Å². The Labute approximate surface area is 185 Å². The molecule has 1 aliphatic rings. The van der Waals surface area contributed by atoms with Crippen molar-refractivity contribution in [2.45, 2.75) is 23.2 Å². The maximum atomic E-state index is 12.3. The molecular formula is C18H24IN5OS2. The summed E-state index contributed by atoms with van der Waals surface area (Å²) in [5, 5.41) is 8.68. The van der Waals surface area contributed by atoms with Gasteiger partial charge in [-0.1, -0.05) is 30.0 Å². The van der Waals surface area contributed by atoms with E-state index in [1.807, 2.05) is 46.8 Å². The molecule has 0 radical (unpaired) electrons. The first-order valence-electron chi connectivity index (χ1n) is 8.61. The molecule has 2 heterocycles. The number of carbonyl (C=O) groups excluding carboxylic acids is 1. The minimum absolute atomic E-state index is 0. The van der Waals surface area contributed by atoms with E-state index in [1.54, 1.807) is 30.1 Å². The van der Waals surface area contributed by atoms with E-state index in [0.717, 1.165) is 34.7 Å². The Hall–Kier alpha value is -1.33.